The summed E-state index contributed by atoms with van der Waals surface area (Å²) in [4.78, 5) is 10.9. The Labute approximate surface area is 85.6 Å². The first-order chi connectivity index (χ1) is 6.84. The van der Waals surface area contributed by atoms with Gasteiger partial charge in [-0.25, -0.2) is 0 Å². The van der Waals surface area contributed by atoms with Crippen LogP contribution in [-0.4, -0.2) is 25.0 Å². The maximum absolute atomic E-state index is 10.9. The van der Waals surface area contributed by atoms with Gasteiger partial charge < -0.3 is 10.6 Å². The molecule has 1 saturated carbocycles. The fourth-order valence-electron chi connectivity index (χ4n) is 2.42. The van der Waals surface area contributed by atoms with Crippen molar-refractivity contribution in [2.75, 3.05) is 13.1 Å². The van der Waals surface area contributed by atoms with Crippen molar-refractivity contribution in [1.29, 1.82) is 0 Å². The molecular weight excluding hydrogens is 176 g/mol. The van der Waals surface area contributed by atoms with Crippen LogP contribution in [-0.2, 0) is 4.79 Å². The largest absolute Gasteiger partial charge is 0.356 e. The van der Waals surface area contributed by atoms with Gasteiger partial charge in [0.25, 0.3) is 0 Å². The van der Waals surface area contributed by atoms with Crippen molar-refractivity contribution in [3.05, 3.63) is 0 Å². The zero-order chi connectivity index (χ0) is 9.80. The standard InChI is InChI=1S/C11H20N2O/c14-11-6-5-9(8-13-11)7-12-10-3-1-2-4-10/h9-10,12H,1-8H2,(H,13,14). The molecule has 1 unspecified atom stereocenters. The summed E-state index contributed by atoms with van der Waals surface area (Å²) in [6, 6.07) is 0.757. The van der Waals surface area contributed by atoms with Gasteiger partial charge in [-0.1, -0.05) is 12.8 Å². The second kappa shape index (κ2) is 4.78. The fraction of sp³-hybridized carbons (Fsp3) is 0.909. The lowest BCUT2D eigenvalue weighted by Crippen LogP contribution is -2.41. The Balaban J connectivity index is 1.63. The van der Waals surface area contributed by atoms with E-state index in [4.69, 9.17) is 0 Å². The maximum atomic E-state index is 10.9. The number of piperidine rings is 1. The van der Waals surface area contributed by atoms with Crippen LogP contribution in [0.4, 0.5) is 0 Å². The third-order valence-corrected chi connectivity index (χ3v) is 3.42. The molecule has 2 N–H and O–H groups in total. The monoisotopic (exact) mass is 196 g/mol. The number of carbonyl (C=O) groups is 1. The van der Waals surface area contributed by atoms with Gasteiger partial charge in [-0.2, -0.15) is 0 Å². The van der Waals surface area contributed by atoms with Crippen molar-refractivity contribution in [3.8, 4) is 0 Å². The van der Waals surface area contributed by atoms with Crippen LogP contribution in [0.1, 0.15) is 38.5 Å². The topological polar surface area (TPSA) is 41.1 Å². The zero-order valence-electron chi connectivity index (χ0n) is 8.72. The Bertz CT molecular complexity index is 189. The van der Waals surface area contributed by atoms with Gasteiger partial charge in [0.15, 0.2) is 0 Å². The molecule has 2 aliphatic rings. The fourth-order valence-corrected chi connectivity index (χ4v) is 2.42. The van der Waals surface area contributed by atoms with E-state index < -0.39 is 0 Å². The van der Waals surface area contributed by atoms with Crippen molar-refractivity contribution in [2.45, 2.75) is 44.6 Å². The van der Waals surface area contributed by atoms with Crippen molar-refractivity contribution in [1.82, 2.24) is 10.6 Å². The summed E-state index contributed by atoms with van der Waals surface area (Å²) >= 11 is 0. The number of carbonyl (C=O) groups excluding carboxylic acids is 1. The first-order valence-corrected chi connectivity index (χ1v) is 5.84. The van der Waals surface area contributed by atoms with E-state index in [-0.39, 0.29) is 5.91 Å². The van der Waals surface area contributed by atoms with E-state index in [9.17, 15) is 4.79 Å². The average molecular weight is 196 g/mol. The number of amides is 1. The van der Waals surface area contributed by atoms with Crippen molar-refractivity contribution >= 4 is 5.91 Å². The van der Waals surface area contributed by atoms with Gasteiger partial charge in [-0.05, 0) is 31.7 Å². The highest BCUT2D eigenvalue weighted by atomic mass is 16.1. The quantitative estimate of drug-likeness (QED) is 0.708. The molecular formula is C11H20N2O. The summed E-state index contributed by atoms with van der Waals surface area (Å²) in [6.07, 6.45) is 7.25. The summed E-state index contributed by atoms with van der Waals surface area (Å²) in [6.45, 7) is 1.96. The van der Waals surface area contributed by atoms with Crippen LogP contribution in [0.15, 0.2) is 0 Å². The number of rotatable bonds is 3. The highest BCUT2D eigenvalue weighted by molar-refractivity contribution is 5.76. The predicted molar refractivity (Wildman–Crippen MR) is 56.0 cm³/mol. The van der Waals surface area contributed by atoms with Crippen LogP contribution < -0.4 is 10.6 Å². The molecule has 1 aliphatic carbocycles. The molecule has 0 aromatic carbocycles. The van der Waals surface area contributed by atoms with E-state index >= 15 is 0 Å². The molecule has 0 bridgehead atoms. The summed E-state index contributed by atoms with van der Waals surface area (Å²) in [5.41, 5.74) is 0. The molecule has 0 radical (unpaired) electrons. The van der Waals surface area contributed by atoms with E-state index in [0.29, 0.717) is 5.92 Å². The van der Waals surface area contributed by atoms with E-state index in [0.717, 1.165) is 32.0 Å². The lowest BCUT2D eigenvalue weighted by atomic mass is 9.99. The Kier molecular flexibility index (Phi) is 3.40. The smallest absolute Gasteiger partial charge is 0.220 e. The molecule has 80 valence electrons. The van der Waals surface area contributed by atoms with Crippen molar-refractivity contribution < 1.29 is 4.79 Å². The van der Waals surface area contributed by atoms with Crippen LogP contribution in [0.5, 0.6) is 0 Å². The minimum Gasteiger partial charge on any atom is -0.356 e. The third kappa shape index (κ3) is 2.71. The highest BCUT2D eigenvalue weighted by Gasteiger charge is 2.20. The number of nitrogens with one attached hydrogen (secondary N) is 2. The molecule has 2 fully saturated rings. The molecule has 3 heteroatoms. The van der Waals surface area contributed by atoms with E-state index in [1.165, 1.54) is 25.7 Å². The molecule has 0 aromatic heterocycles. The second-order valence-electron chi connectivity index (χ2n) is 4.60. The lowest BCUT2D eigenvalue weighted by molar-refractivity contribution is -0.122. The first kappa shape index (κ1) is 9.97. The Morgan fingerprint density at radius 3 is 2.71 bits per heavy atom. The summed E-state index contributed by atoms with van der Waals surface area (Å²) in [7, 11) is 0. The van der Waals surface area contributed by atoms with Gasteiger partial charge in [-0.15, -0.1) is 0 Å². The summed E-state index contributed by atoms with van der Waals surface area (Å²) < 4.78 is 0. The van der Waals surface area contributed by atoms with Gasteiger partial charge in [0.1, 0.15) is 0 Å². The number of hydrogen-bond acceptors (Lipinski definition) is 2. The normalized spacial score (nSPS) is 29.1. The van der Waals surface area contributed by atoms with Gasteiger partial charge in [0.2, 0.25) is 5.91 Å². The molecule has 2 rings (SSSR count). The van der Waals surface area contributed by atoms with E-state index in [1.54, 1.807) is 0 Å². The molecule has 1 aliphatic heterocycles. The predicted octanol–water partition coefficient (Wildman–Crippen LogP) is 1.04. The minimum absolute atomic E-state index is 0.224. The van der Waals surface area contributed by atoms with Crippen LogP contribution in [0, 0.1) is 5.92 Å². The van der Waals surface area contributed by atoms with Crippen LogP contribution in [0.2, 0.25) is 0 Å². The summed E-state index contributed by atoms with van der Waals surface area (Å²) in [5.74, 6) is 0.885. The van der Waals surface area contributed by atoms with Crippen molar-refractivity contribution in [3.63, 3.8) is 0 Å². The van der Waals surface area contributed by atoms with Crippen molar-refractivity contribution in [2.24, 2.45) is 5.92 Å². The van der Waals surface area contributed by atoms with Gasteiger partial charge in [0.05, 0.1) is 0 Å². The Morgan fingerprint density at radius 2 is 2.07 bits per heavy atom. The van der Waals surface area contributed by atoms with E-state index in [1.807, 2.05) is 0 Å². The van der Waals surface area contributed by atoms with Gasteiger partial charge in [-0.3, -0.25) is 4.79 Å². The average Bonchev–Trinajstić information content (AvgIpc) is 2.70. The molecule has 1 amide bonds. The molecule has 1 heterocycles. The molecule has 1 atom stereocenters. The maximum Gasteiger partial charge on any atom is 0.220 e. The molecule has 3 nitrogen and oxygen atoms in total. The molecule has 14 heavy (non-hydrogen) atoms. The first-order valence-electron chi connectivity index (χ1n) is 5.84. The van der Waals surface area contributed by atoms with Crippen LogP contribution in [0.25, 0.3) is 0 Å². The van der Waals surface area contributed by atoms with Gasteiger partial charge >= 0.3 is 0 Å². The third-order valence-electron chi connectivity index (χ3n) is 3.42. The Hall–Kier alpha value is -0.570. The minimum atomic E-state index is 0.224. The van der Waals surface area contributed by atoms with Crippen LogP contribution in [0.3, 0.4) is 0 Å². The molecule has 0 aromatic rings. The second-order valence-corrected chi connectivity index (χ2v) is 4.60. The summed E-state index contributed by atoms with van der Waals surface area (Å²) in [5, 5.41) is 6.54. The highest BCUT2D eigenvalue weighted by Crippen LogP contribution is 2.18. The van der Waals surface area contributed by atoms with E-state index in [2.05, 4.69) is 10.6 Å². The molecule has 1 saturated heterocycles. The van der Waals surface area contributed by atoms with Gasteiger partial charge in [0, 0.05) is 19.0 Å². The van der Waals surface area contributed by atoms with Crippen LogP contribution >= 0.6 is 0 Å². The SMILES string of the molecule is O=C1CCC(CNC2CCCC2)CN1. The number of hydrogen-bond donors (Lipinski definition) is 2. The Morgan fingerprint density at radius 1 is 1.29 bits per heavy atom. The molecule has 0 spiro atoms. The lowest BCUT2D eigenvalue weighted by Gasteiger charge is -2.24. The zero-order valence-corrected chi connectivity index (χ0v) is 8.72.